The highest BCUT2D eigenvalue weighted by Crippen LogP contribution is 2.31. The fraction of sp³-hybridized carbons (Fsp3) is 0.733. The van der Waals surface area contributed by atoms with E-state index >= 15 is 0 Å². The fourth-order valence-corrected chi connectivity index (χ4v) is 2.84. The highest BCUT2D eigenvalue weighted by molar-refractivity contribution is 5.43. The Labute approximate surface area is 124 Å². The van der Waals surface area contributed by atoms with E-state index in [-0.39, 0.29) is 17.2 Å². The number of ether oxygens (including phenoxy) is 1. The largest absolute Gasteiger partial charge is 0.372 e. The van der Waals surface area contributed by atoms with Gasteiger partial charge in [0, 0.05) is 25.2 Å². The SMILES string of the molecule is CC1(C)CN(c2cnn(CC(N)C3CC3)c(=O)c2)CCO1. The summed E-state index contributed by atoms with van der Waals surface area (Å²) in [6.07, 6.45) is 4.12. The Hall–Kier alpha value is -1.40. The number of hydrogen-bond donors (Lipinski definition) is 1. The summed E-state index contributed by atoms with van der Waals surface area (Å²) in [6, 6.07) is 1.71. The number of nitrogens with two attached hydrogens (primary N) is 1. The topological polar surface area (TPSA) is 73.4 Å². The molecule has 0 radical (unpaired) electrons. The molecule has 1 unspecified atom stereocenters. The monoisotopic (exact) mass is 292 g/mol. The number of hydrogen-bond acceptors (Lipinski definition) is 5. The summed E-state index contributed by atoms with van der Waals surface area (Å²) < 4.78 is 7.18. The van der Waals surface area contributed by atoms with Crippen molar-refractivity contribution in [3.63, 3.8) is 0 Å². The van der Waals surface area contributed by atoms with E-state index in [0.717, 1.165) is 18.8 Å². The molecule has 1 atom stereocenters. The van der Waals surface area contributed by atoms with Gasteiger partial charge in [-0.3, -0.25) is 4.79 Å². The minimum atomic E-state index is -0.193. The lowest BCUT2D eigenvalue weighted by molar-refractivity contribution is -0.0277. The summed E-state index contributed by atoms with van der Waals surface area (Å²) in [6.45, 7) is 6.85. The Kier molecular flexibility index (Phi) is 3.75. The molecular weight excluding hydrogens is 268 g/mol. The van der Waals surface area contributed by atoms with Gasteiger partial charge >= 0.3 is 0 Å². The summed E-state index contributed by atoms with van der Waals surface area (Å²) in [4.78, 5) is 14.4. The molecule has 0 bridgehead atoms. The second-order valence-electron chi connectivity index (χ2n) is 6.77. The van der Waals surface area contributed by atoms with E-state index < -0.39 is 0 Å². The van der Waals surface area contributed by atoms with Gasteiger partial charge in [-0.05, 0) is 32.6 Å². The van der Waals surface area contributed by atoms with E-state index in [9.17, 15) is 4.79 Å². The first-order chi connectivity index (χ1) is 9.94. The van der Waals surface area contributed by atoms with Crippen molar-refractivity contribution in [2.24, 2.45) is 11.7 Å². The predicted octanol–water partition coefficient (Wildman–Crippen LogP) is 0.596. The number of aromatic nitrogens is 2. The smallest absolute Gasteiger partial charge is 0.268 e. The zero-order valence-electron chi connectivity index (χ0n) is 12.8. The van der Waals surface area contributed by atoms with Crippen molar-refractivity contribution in [3.8, 4) is 0 Å². The minimum Gasteiger partial charge on any atom is -0.372 e. The summed E-state index contributed by atoms with van der Waals surface area (Å²) in [5.74, 6) is 0.568. The molecule has 6 heteroatoms. The van der Waals surface area contributed by atoms with Gasteiger partial charge in [0.05, 0.1) is 30.6 Å². The van der Waals surface area contributed by atoms with Crippen LogP contribution in [0.2, 0.25) is 0 Å². The van der Waals surface area contributed by atoms with Crippen molar-refractivity contribution in [1.82, 2.24) is 9.78 Å². The van der Waals surface area contributed by atoms with Gasteiger partial charge < -0.3 is 15.4 Å². The van der Waals surface area contributed by atoms with Gasteiger partial charge in [0.25, 0.3) is 5.56 Å². The molecule has 116 valence electrons. The molecule has 1 aliphatic heterocycles. The van der Waals surface area contributed by atoms with Crippen LogP contribution in [-0.2, 0) is 11.3 Å². The van der Waals surface area contributed by atoms with Gasteiger partial charge in [0.2, 0.25) is 0 Å². The van der Waals surface area contributed by atoms with Crippen molar-refractivity contribution >= 4 is 5.69 Å². The second kappa shape index (κ2) is 5.42. The molecule has 21 heavy (non-hydrogen) atoms. The van der Waals surface area contributed by atoms with Gasteiger partial charge in [-0.25, -0.2) is 4.68 Å². The quantitative estimate of drug-likeness (QED) is 0.879. The number of nitrogens with zero attached hydrogens (tertiary/aromatic N) is 3. The van der Waals surface area contributed by atoms with Crippen molar-refractivity contribution in [3.05, 3.63) is 22.6 Å². The number of anilines is 1. The molecule has 1 aromatic heterocycles. The molecule has 1 saturated heterocycles. The molecule has 2 fully saturated rings. The molecule has 6 nitrogen and oxygen atoms in total. The van der Waals surface area contributed by atoms with E-state index in [1.54, 1.807) is 12.3 Å². The van der Waals surface area contributed by atoms with Crippen LogP contribution in [0.3, 0.4) is 0 Å². The fourth-order valence-electron chi connectivity index (χ4n) is 2.84. The van der Waals surface area contributed by atoms with E-state index in [1.165, 1.54) is 17.5 Å². The van der Waals surface area contributed by atoms with E-state index in [4.69, 9.17) is 10.5 Å². The zero-order chi connectivity index (χ0) is 15.0. The molecule has 1 saturated carbocycles. The van der Waals surface area contributed by atoms with Gasteiger partial charge in [-0.1, -0.05) is 0 Å². The molecule has 1 aliphatic carbocycles. The van der Waals surface area contributed by atoms with Crippen LogP contribution in [0.25, 0.3) is 0 Å². The van der Waals surface area contributed by atoms with Crippen LogP contribution < -0.4 is 16.2 Å². The Morgan fingerprint density at radius 2 is 2.29 bits per heavy atom. The van der Waals surface area contributed by atoms with Crippen LogP contribution in [0, 0.1) is 5.92 Å². The van der Waals surface area contributed by atoms with Gasteiger partial charge in [-0.15, -0.1) is 0 Å². The summed E-state index contributed by atoms with van der Waals surface area (Å²) in [7, 11) is 0. The molecule has 2 heterocycles. The maximum absolute atomic E-state index is 12.2. The van der Waals surface area contributed by atoms with Crippen LogP contribution in [0.5, 0.6) is 0 Å². The molecule has 3 rings (SSSR count). The van der Waals surface area contributed by atoms with Crippen molar-refractivity contribution in [1.29, 1.82) is 0 Å². The Morgan fingerprint density at radius 1 is 1.52 bits per heavy atom. The lowest BCUT2D eigenvalue weighted by Crippen LogP contribution is -2.48. The average Bonchev–Trinajstić information content (AvgIpc) is 3.24. The minimum absolute atomic E-state index is 0.0448. The zero-order valence-corrected chi connectivity index (χ0v) is 12.8. The van der Waals surface area contributed by atoms with Crippen LogP contribution in [0.1, 0.15) is 26.7 Å². The third-order valence-corrected chi connectivity index (χ3v) is 4.26. The van der Waals surface area contributed by atoms with Crippen LogP contribution >= 0.6 is 0 Å². The Balaban J connectivity index is 1.72. The maximum atomic E-state index is 12.2. The summed E-state index contributed by atoms with van der Waals surface area (Å²) >= 11 is 0. The second-order valence-corrected chi connectivity index (χ2v) is 6.77. The maximum Gasteiger partial charge on any atom is 0.268 e. The first-order valence-electron chi connectivity index (χ1n) is 7.66. The normalized spacial score (nSPS) is 23.1. The first kappa shape index (κ1) is 14.5. The molecule has 0 aromatic carbocycles. The molecule has 0 spiro atoms. The number of rotatable bonds is 4. The molecule has 2 aliphatic rings. The van der Waals surface area contributed by atoms with Gasteiger partial charge in [0.1, 0.15) is 0 Å². The first-order valence-corrected chi connectivity index (χ1v) is 7.66. The summed E-state index contributed by atoms with van der Waals surface area (Å²) in [5.41, 5.74) is 6.67. The average molecular weight is 292 g/mol. The molecular formula is C15H24N4O2. The van der Waals surface area contributed by atoms with Gasteiger partial charge in [0.15, 0.2) is 0 Å². The van der Waals surface area contributed by atoms with Gasteiger partial charge in [-0.2, -0.15) is 5.10 Å². The number of morpholine rings is 1. The Bertz CT molecular complexity index is 565. The van der Waals surface area contributed by atoms with E-state index in [1.807, 2.05) is 0 Å². The van der Waals surface area contributed by atoms with Crippen molar-refractivity contribution < 1.29 is 4.74 Å². The van der Waals surface area contributed by atoms with Crippen LogP contribution in [0.4, 0.5) is 5.69 Å². The predicted molar refractivity (Wildman–Crippen MR) is 81.4 cm³/mol. The van der Waals surface area contributed by atoms with Crippen LogP contribution in [-0.4, -0.2) is 41.1 Å². The third kappa shape index (κ3) is 3.44. The molecule has 2 N–H and O–H groups in total. The Morgan fingerprint density at radius 3 is 2.90 bits per heavy atom. The molecule has 0 amide bonds. The summed E-state index contributed by atoms with van der Waals surface area (Å²) in [5, 5.41) is 4.29. The third-order valence-electron chi connectivity index (χ3n) is 4.26. The molecule has 1 aromatic rings. The lowest BCUT2D eigenvalue weighted by atomic mass is 10.1. The van der Waals surface area contributed by atoms with E-state index in [2.05, 4.69) is 23.8 Å². The van der Waals surface area contributed by atoms with Crippen molar-refractivity contribution in [2.75, 3.05) is 24.6 Å². The lowest BCUT2D eigenvalue weighted by Gasteiger charge is -2.39. The highest BCUT2D eigenvalue weighted by atomic mass is 16.5. The van der Waals surface area contributed by atoms with Crippen molar-refractivity contribution in [2.45, 2.75) is 44.9 Å². The van der Waals surface area contributed by atoms with E-state index in [0.29, 0.717) is 19.1 Å². The standard InChI is InChI=1S/C15H24N4O2/c1-15(2)10-18(5-6-21-15)12-7-14(20)19(17-8-12)9-13(16)11-3-4-11/h7-8,11,13H,3-6,9-10,16H2,1-2H3. The highest BCUT2D eigenvalue weighted by Gasteiger charge is 2.30. The van der Waals surface area contributed by atoms with Crippen LogP contribution in [0.15, 0.2) is 17.1 Å².